The molecule has 1 N–H and O–H groups in total. The summed E-state index contributed by atoms with van der Waals surface area (Å²) in [6.07, 6.45) is 0.629. The molecule has 120 valence electrons. The van der Waals surface area contributed by atoms with Crippen molar-refractivity contribution in [2.45, 2.75) is 19.2 Å². The second kappa shape index (κ2) is 7.02. The zero-order valence-corrected chi connectivity index (χ0v) is 13.4. The maximum absolute atomic E-state index is 9.54. The van der Waals surface area contributed by atoms with Crippen molar-refractivity contribution in [2.24, 2.45) is 0 Å². The van der Waals surface area contributed by atoms with E-state index in [-0.39, 0.29) is 5.92 Å². The fourth-order valence-corrected chi connectivity index (χ4v) is 2.77. The minimum Gasteiger partial charge on any atom is -0.491 e. The molecule has 1 aromatic heterocycles. The maximum atomic E-state index is 9.54. The fourth-order valence-electron chi connectivity index (χ4n) is 2.77. The third kappa shape index (κ3) is 3.49. The van der Waals surface area contributed by atoms with Gasteiger partial charge in [0.25, 0.3) is 5.88 Å². The van der Waals surface area contributed by atoms with Crippen molar-refractivity contribution in [1.82, 2.24) is 4.98 Å². The second-order valence-electron chi connectivity index (χ2n) is 5.48. The molecule has 0 saturated carbocycles. The van der Waals surface area contributed by atoms with Gasteiger partial charge >= 0.3 is 7.12 Å². The Morgan fingerprint density at radius 2 is 2.22 bits per heavy atom. The number of hydrogen-bond donors (Lipinski definition) is 1. The average molecular weight is 313 g/mol. The van der Waals surface area contributed by atoms with Crippen molar-refractivity contribution in [1.29, 1.82) is 0 Å². The summed E-state index contributed by atoms with van der Waals surface area (Å²) < 4.78 is 16.1. The Balaban J connectivity index is 1.91. The van der Waals surface area contributed by atoms with Crippen LogP contribution in [0.25, 0.3) is 11.3 Å². The topological polar surface area (TPSA) is 60.8 Å². The molecule has 23 heavy (non-hydrogen) atoms. The Morgan fingerprint density at radius 3 is 2.91 bits per heavy atom. The van der Waals surface area contributed by atoms with E-state index in [1.165, 1.54) is 0 Å². The number of ether oxygens (including phenoxy) is 2. The Hall–Kier alpha value is -2.05. The summed E-state index contributed by atoms with van der Waals surface area (Å²) in [5, 5.41) is 9.54. The highest BCUT2D eigenvalue weighted by atomic mass is 16.5. The summed E-state index contributed by atoms with van der Waals surface area (Å²) in [5.41, 5.74) is 2.98. The van der Waals surface area contributed by atoms with Gasteiger partial charge in [0.05, 0.1) is 19.4 Å². The van der Waals surface area contributed by atoms with Crippen molar-refractivity contribution in [3.63, 3.8) is 0 Å². The molecule has 5 nitrogen and oxygen atoms in total. The van der Waals surface area contributed by atoms with Crippen LogP contribution in [0.1, 0.15) is 18.4 Å². The van der Waals surface area contributed by atoms with Crippen molar-refractivity contribution in [3.05, 3.63) is 42.0 Å². The molecule has 1 atom stereocenters. The van der Waals surface area contributed by atoms with Crippen molar-refractivity contribution in [2.75, 3.05) is 20.3 Å². The summed E-state index contributed by atoms with van der Waals surface area (Å²) >= 11 is 0. The monoisotopic (exact) mass is 313 g/mol. The molecule has 1 aliphatic rings. The molecule has 0 radical (unpaired) electrons. The number of rotatable bonds is 5. The minimum atomic E-state index is -0.660. The largest absolute Gasteiger partial charge is 0.491 e. The Bertz CT molecular complexity index is 679. The number of pyridine rings is 1. The smallest absolute Gasteiger partial charge is 0.454 e. The first-order valence-electron chi connectivity index (χ1n) is 7.79. The molecule has 0 spiro atoms. The molecule has 6 heteroatoms. The van der Waals surface area contributed by atoms with E-state index >= 15 is 0 Å². The predicted molar refractivity (Wildman–Crippen MR) is 88.9 cm³/mol. The Kier molecular flexibility index (Phi) is 4.83. The molecule has 1 aliphatic heterocycles. The third-order valence-corrected chi connectivity index (χ3v) is 3.96. The van der Waals surface area contributed by atoms with Crippen LogP contribution in [0.5, 0.6) is 11.6 Å². The van der Waals surface area contributed by atoms with E-state index in [4.69, 9.17) is 14.1 Å². The summed E-state index contributed by atoms with van der Waals surface area (Å²) in [4.78, 5) is 4.56. The van der Waals surface area contributed by atoms with Gasteiger partial charge in [-0.15, -0.1) is 0 Å². The van der Waals surface area contributed by atoms with Gasteiger partial charge in [0.2, 0.25) is 0 Å². The van der Waals surface area contributed by atoms with E-state index in [1.807, 2.05) is 31.2 Å². The molecule has 0 unspecified atom stereocenters. The molecule has 3 rings (SSSR count). The van der Waals surface area contributed by atoms with E-state index in [0.717, 1.165) is 16.8 Å². The molecule has 0 bridgehead atoms. The lowest BCUT2D eigenvalue weighted by Crippen LogP contribution is -2.07. The standard InChI is InChI=1S/C17H20BNO4/c1-3-22-17-16(21-2)8-7-15(19-17)13-6-4-5-12(9-13)14-10-18(20)23-11-14/h4-9,14,20H,3,10-11H2,1-2H3/t14-/m0/s1. The molecule has 1 aromatic carbocycles. The molecular formula is C17H20BNO4. The highest BCUT2D eigenvalue weighted by molar-refractivity contribution is 6.43. The third-order valence-electron chi connectivity index (χ3n) is 3.96. The van der Waals surface area contributed by atoms with E-state index in [2.05, 4.69) is 17.1 Å². The molecule has 2 aromatic rings. The molecule has 2 heterocycles. The first-order valence-corrected chi connectivity index (χ1v) is 7.79. The van der Waals surface area contributed by atoms with E-state index in [9.17, 15) is 5.02 Å². The van der Waals surface area contributed by atoms with Gasteiger partial charge in [0, 0.05) is 18.1 Å². The van der Waals surface area contributed by atoms with Crippen LogP contribution in [0.3, 0.4) is 0 Å². The lowest BCUT2D eigenvalue weighted by Gasteiger charge is -2.12. The lowest BCUT2D eigenvalue weighted by atomic mass is 9.79. The number of aromatic nitrogens is 1. The van der Waals surface area contributed by atoms with Crippen LogP contribution >= 0.6 is 0 Å². The highest BCUT2D eigenvalue weighted by Crippen LogP contribution is 2.32. The van der Waals surface area contributed by atoms with Crippen LogP contribution in [-0.4, -0.2) is 37.4 Å². The minimum absolute atomic E-state index is 0.217. The summed E-state index contributed by atoms with van der Waals surface area (Å²) in [5.74, 6) is 1.34. The van der Waals surface area contributed by atoms with E-state index < -0.39 is 7.12 Å². The molecular weight excluding hydrogens is 293 g/mol. The van der Waals surface area contributed by atoms with Crippen molar-refractivity contribution in [3.8, 4) is 22.9 Å². The Labute approximate surface area is 136 Å². The maximum Gasteiger partial charge on any atom is 0.454 e. The van der Waals surface area contributed by atoms with Gasteiger partial charge < -0.3 is 19.2 Å². The normalized spacial score (nSPS) is 17.3. The van der Waals surface area contributed by atoms with Crippen LogP contribution in [-0.2, 0) is 4.65 Å². The number of benzene rings is 1. The quantitative estimate of drug-likeness (QED) is 0.860. The first kappa shape index (κ1) is 15.8. The molecule has 1 fully saturated rings. The number of methoxy groups -OCH3 is 1. The number of hydrogen-bond acceptors (Lipinski definition) is 5. The van der Waals surface area contributed by atoms with Crippen molar-refractivity contribution < 1.29 is 19.2 Å². The number of nitrogens with zero attached hydrogens (tertiary/aromatic N) is 1. The van der Waals surface area contributed by atoms with Crippen LogP contribution in [0, 0.1) is 0 Å². The summed E-state index contributed by atoms with van der Waals surface area (Å²) in [6, 6.07) is 11.9. The van der Waals surface area contributed by atoms with Crippen LogP contribution < -0.4 is 9.47 Å². The van der Waals surface area contributed by atoms with Gasteiger partial charge in [-0.3, -0.25) is 0 Å². The van der Waals surface area contributed by atoms with E-state index in [0.29, 0.717) is 31.2 Å². The van der Waals surface area contributed by atoms with Gasteiger partial charge in [0.15, 0.2) is 5.75 Å². The van der Waals surface area contributed by atoms with Gasteiger partial charge in [-0.05, 0) is 37.0 Å². The average Bonchev–Trinajstić information content (AvgIpc) is 3.02. The highest BCUT2D eigenvalue weighted by Gasteiger charge is 2.29. The first-order chi connectivity index (χ1) is 11.2. The molecule has 1 saturated heterocycles. The SMILES string of the molecule is CCOc1nc(-c2cccc([C@@H]3COB(O)C3)c2)ccc1OC. The van der Waals surface area contributed by atoms with Crippen LogP contribution in [0.15, 0.2) is 36.4 Å². The van der Waals surface area contributed by atoms with Gasteiger partial charge in [0.1, 0.15) is 0 Å². The second-order valence-corrected chi connectivity index (χ2v) is 5.48. The van der Waals surface area contributed by atoms with Crippen LogP contribution in [0.2, 0.25) is 6.32 Å². The predicted octanol–water partition coefficient (Wildman–Crippen LogP) is 2.75. The van der Waals surface area contributed by atoms with Gasteiger partial charge in [-0.1, -0.05) is 18.2 Å². The lowest BCUT2D eigenvalue weighted by molar-refractivity contribution is 0.292. The Morgan fingerprint density at radius 1 is 1.35 bits per heavy atom. The fraction of sp³-hybridized carbons (Fsp3) is 0.353. The van der Waals surface area contributed by atoms with Crippen LogP contribution in [0.4, 0.5) is 0 Å². The molecule has 0 aliphatic carbocycles. The summed E-state index contributed by atoms with van der Waals surface area (Å²) in [6.45, 7) is 2.99. The zero-order valence-electron chi connectivity index (χ0n) is 13.4. The van der Waals surface area contributed by atoms with Gasteiger partial charge in [-0.2, -0.15) is 0 Å². The zero-order chi connectivity index (χ0) is 16.2. The van der Waals surface area contributed by atoms with E-state index in [1.54, 1.807) is 7.11 Å². The molecule has 0 amide bonds. The van der Waals surface area contributed by atoms with Gasteiger partial charge in [-0.25, -0.2) is 4.98 Å². The summed E-state index contributed by atoms with van der Waals surface area (Å²) in [7, 11) is 0.943. The van der Waals surface area contributed by atoms with Crippen molar-refractivity contribution >= 4 is 7.12 Å².